The second-order valence-electron chi connectivity index (χ2n) is 3.54. The lowest BCUT2D eigenvalue weighted by Gasteiger charge is -2.13. The normalized spacial score (nSPS) is 9.44. The van der Waals surface area contributed by atoms with Gasteiger partial charge < -0.3 is 9.47 Å². The first-order valence-electron chi connectivity index (χ1n) is 5.15. The molecule has 0 atom stereocenters. The molecule has 6 heteroatoms. The van der Waals surface area contributed by atoms with E-state index in [9.17, 15) is 9.18 Å². The van der Waals surface area contributed by atoms with Crippen molar-refractivity contribution in [1.82, 2.24) is 4.90 Å². The number of hydrogen-bond acceptors (Lipinski definition) is 4. The van der Waals surface area contributed by atoms with Gasteiger partial charge in [0.1, 0.15) is 13.2 Å². The molecule has 96 valence electrons. The third-order valence-corrected chi connectivity index (χ3v) is 2.20. The summed E-state index contributed by atoms with van der Waals surface area (Å²) in [5.74, 6) is -0.386. The maximum Gasteiger partial charge on any atom is 0.410 e. The lowest BCUT2D eigenvalue weighted by molar-refractivity contribution is 0.108. The maximum absolute atomic E-state index is 13.3. The lowest BCUT2D eigenvalue weighted by Crippen LogP contribution is -2.27. The van der Waals surface area contributed by atoms with E-state index in [-0.39, 0.29) is 18.9 Å². The first-order valence-corrected chi connectivity index (χ1v) is 5.15. The van der Waals surface area contributed by atoms with Gasteiger partial charge in [-0.25, -0.2) is 9.18 Å². The van der Waals surface area contributed by atoms with Crippen LogP contribution in [0.3, 0.4) is 0 Å². The zero-order valence-electron chi connectivity index (χ0n) is 10.1. The van der Waals surface area contributed by atoms with Crippen LogP contribution in [0.25, 0.3) is 0 Å². The molecule has 0 heterocycles. The van der Waals surface area contributed by atoms with Crippen molar-refractivity contribution in [3.05, 3.63) is 29.6 Å². The molecule has 0 aliphatic heterocycles. The summed E-state index contributed by atoms with van der Waals surface area (Å²) in [5, 5.41) is 8.40. The molecule has 1 amide bonds. The van der Waals surface area contributed by atoms with Gasteiger partial charge >= 0.3 is 6.09 Å². The molecular weight excluding hydrogens is 239 g/mol. The van der Waals surface area contributed by atoms with Crippen LogP contribution >= 0.6 is 0 Å². The summed E-state index contributed by atoms with van der Waals surface area (Å²) in [5.41, 5.74) is 0.506. The standard InChI is InChI=1S/C12H13FN2O3/c1-15(6-5-14)12(16)18-8-9-3-4-11(17-2)10(13)7-9/h3-4,7H,6,8H2,1-2H3. The summed E-state index contributed by atoms with van der Waals surface area (Å²) in [6, 6.07) is 6.10. The number of nitriles is 1. The lowest BCUT2D eigenvalue weighted by atomic mass is 10.2. The summed E-state index contributed by atoms with van der Waals surface area (Å²) < 4.78 is 23.0. The molecule has 0 spiro atoms. The van der Waals surface area contributed by atoms with Gasteiger partial charge in [0.05, 0.1) is 13.2 Å². The third kappa shape index (κ3) is 3.63. The first kappa shape index (κ1) is 13.8. The van der Waals surface area contributed by atoms with Crippen LogP contribution in [0.5, 0.6) is 5.75 Å². The van der Waals surface area contributed by atoms with E-state index in [1.165, 1.54) is 26.3 Å². The van der Waals surface area contributed by atoms with Crippen LogP contribution in [0.2, 0.25) is 0 Å². The van der Waals surface area contributed by atoms with Crippen LogP contribution in [0.15, 0.2) is 18.2 Å². The van der Waals surface area contributed by atoms with E-state index in [4.69, 9.17) is 14.7 Å². The quantitative estimate of drug-likeness (QED) is 0.768. The molecule has 0 fully saturated rings. The molecule has 0 radical (unpaired) electrons. The molecule has 0 saturated heterocycles. The van der Waals surface area contributed by atoms with Gasteiger partial charge in [-0.05, 0) is 17.7 Å². The summed E-state index contributed by atoms with van der Waals surface area (Å²) in [6.45, 7) is -0.120. The van der Waals surface area contributed by atoms with Gasteiger partial charge in [-0.2, -0.15) is 5.26 Å². The number of hydrogen-bond donors (Lipinski definition) is 0. The van der Waals surface area contributed by atoms with Crippen molar-refractivity contribution >= 4 is 6.09 Å². The summed E-state index contributed by atoms with van der Waals surface area (Å²) in [7, 11) is 2.81. The van der Waals surface area contributed by atoms with Crippen LogP contribution < -0.4 is 4.74 Å². The molecule has 0 bridgehead atoms. The summed E-state index contributed by atoms with van der Waals surface area (Å²) >= 11 is 0. The predicted molar refractivity (Wildman–Crippen MR) is 61.4 cm³/mol. The van der Waals surface area contributed by atoms with Crippen molar-refractivity contribution in [2.75, 3.05) is 20.7 Å². The highest BCUT2D eigenvalue weighted by atomic mass is 19.1. The number of rotatable bonds is 4. The number of methoxy groups -OCH3 is 1. The highest BCUT2D eigenvalue weighted by Gasteiger charge is 2.10. The smallest absolute Gasteiger partial charge is 0.410 e. The summed E-state index contributed by atoms with van der Waals surface area (Å²) in [4.78, 5) is 12.5. The third-order valence-electron chi connectivity index (χ3n) is 2.20. The Morgan fingerprint density at radius 2 is 2.28 bits per heavy atom. The van der Waals surface area contributed by atoms with E-state index in [1.807, 2.05) is 6.07 Å². The fourth-order valence-electron chi connectivity index (χ4n) is 1.23. The van der Waals surface area contributed by atoms with E-state index >= 15 is 0 Å². The van der Waals surface area contributed by atoms with Gasteiger partial charge in [0.25, 0.3) is 0 Å². The van der Waals surface area contributed by atoms with Gasteiger partial charge in [-0.3, -0.25) is 4.90 Å². The molecule has 18 heavy (non-hydrogen) atoms. The van der Waals surface area contributed by atoms with Crippen molar-refractivity contribution in [3.63, 3.8) is 0 Å². The highest BCUT2D eigenvalue weighted by molar-refractivity contribution is 5.67. The largest absolute Gasteiger partial charge is 0.494 e. The molecule has 0 N–H and O–H groups in total. The van der Waals surface area contributed by atoms with E-state index in [0.717, 1.165) is 4.90 Å². The van der Waals surface area contributed by atoms with Crippen molar-refractivity contribution in [2.45, 2.75) is 6.61 Å². The van der Waals surface area contributed by atoms with Crippen molar-refractivity contribution in [3.8, 4) is 11.8 Å². The van der Waals surface area contributed by atoms with Gasteiger partial charge in [-0.1, -0.05) is 6.07 Å². The Hall–Kier alpha value is -2.29. The molecule has 1 rings (SSSR count). The summed E-state index contributed by atoms with van der Waals surface area (Å²) in [6.07, 6.45) is -0.632. The number of benzene rings is 1. The van der Waals surface area contributed by atoms with Crippen molar-refractivity contribution < 1.29 is 18.7 Å². The fraction of sp³-hybridized carbons (Fsp3) is 0.333. The fourth-order valence-corrected chi connectivity index (χ4v) is 1.23. The second kappa shape index (κ2) is 6.45. The minimum Gasteiger partial charge on any atom is -0.494 e. The highest BCUT2D eigenvalue weighted by Crippen LogP contribution is 2.18. The minimum absolute atomic E-state index is 0.0597. The molecule has 0 aromatic heterocycles. The van der Waals surface area contributed by atoms with Gasteiger partial charge in [0.2, 0.25) is 0 Å². The molecule has 0 aliphatic rings. The Balaban J connectivity index is 2.56. The molecular formula is C12H13FN2O3. The van der Waals surface area contributed by atoms with Crippen molar-refractivity contribution in [2.24, 2.45) is 0 Å². The molecule has 1 aromatic carbocycles. The number of amides is 1. The number of carbonyl (C=O) groups is 1. The van der Waals surface area contributed by atoms with E-state index in [0.29, 0.717) is 5.56 Å². The Labute approximate surface area is 104 Å². The zero-order chi connectivity index (χ0) is 13.5. The SMILES string of the molecule is COc1ccc(COC(=O)N(C)CC#N)cc1F. The topological polar surface area (TPSA) is 62.6 Å². The Kier molecular flexibility index (Phi) is 4.93. The molecule has 0 unspecified atom stereocenters. The number of halogens is 1. The maximum atomic E-state index is 13.3. The van der Waals surface area contributed by atoms with E-state index in [1.54, 1.807) is 6.07 Å². The van der Waals surface area contributed by atoms with Crippen LogP contribution in [0.4, 0.5) is 9.18 Å². The molecule has 1 aromatic rings. The average molecular weight is 252 g/mol. The number of carbonyl (C=O) groups excluding carboxylic acids is 1. The van der Waals surface area contributed by atoms with Crippen LogP contribution in [0, 0.1) is 17.1 Å². The van der Waals surface area contributed by atoms with Crippen molar-refractivity contribution in [1.29, 1.82) is 5.26 Å². The Morgan fingerprint density at radius 3 is 2.83 bits per heavy atom. The Morgan fingerprint density at radius 1 is 1.56 bits per heavy atom. The predicted octanol–water partition coefficient (Wildman–Crippen LogP) is 1.93. The van der Waals surface area contributed by atoms with Crippen LogP contribution in [-0.2, 0) is 11.3 Å². The Bertz CT molecular complexity index is 471. The zero-order valence-corrected chi connectivity index (χ0v) is 10.1. The van der Waals surface area contributed by atoms with Gasteiger partial charge in [0.15, 0.2) is 11.6 Å². The van der Waals surface area contributed by atoms with Gasteiger partial charge in [-0.15, -0.1) is 0 Å². The molecule has 0 aliphatic carbocycles. The number of nitrogens with zero attached hydrogens (tertiary/aromatic N) is 2. The van der Waals surface area contributed by atoms with Gasteiger partial charge in [0, 0.05) is 7.05 Å². The monoisotopic (exact) mass is 252 g/mol. The minimum atomic E-state index is -0.632. The molecule has 5 nitrogen and oxygen atoms in total. The van der Waals surface area contributed by atoms with Crippen LogP contribution in [-0.4, -0.2) is 31.7 Å². The average Bonchev–Trinajstić information content (AvgIpc) is 2.36. The number of ether oxygens (including phenoxy) is 2. The molecule has 0 saturated carbocycles. The van der Waals surface area contributed by atoms with E-state index in [2.05, 4.69) is 0 Å². The van der Waals surface area contributed by atoms with E-state index < -0.39 is 11.9 Å². The van der Waals surface area contributed by atoms with Crippen LogP contribution in [0.1, 0.15) is 5.56 Å². The second-order valence-corrected chi connectivity index (χ2v) is 3.54. The first-order chi connectivity index (χ1) is 8.58.